The second-order valence-electron chi connectivity index (χ2n) is 7.25. The van der Waals surface area contributed by atoms with E-state index in [0.717, 1.165) is 17.2 Å². The lowest BCUT2D eigenvalue weighted by Crippen LogP contribution is -2.54. The molecule has 1 heterocycles. The molecular formula is C21H26FN3O3S. The number of carbonyl (C=O) groups excluding carboxylic acids is 1. The summed E-state index contributed by atoms with van der Waals surface area (Å²) in [7, 11) is -3.88. The Labute approximate surface area is 171 Å². The predicted molar refractivity (Wildman–Crippen MR) is 109 cm³/mol. The van der Waals surface area contributed by atoms with Crippen molar-refractivity contribution in [3.63, 3.8) is 0 Å². The largest absolute Gasteiger partial charge is 0.351 e. The van der Waals surface area contributed by atoms with Gasteiger partial charge in [0.05, 0.1) is 6.04 Å². The molecule has 29 heavy (non-hydrogen) atoms. The Morgan fingerprint density at radius 3 is 2.31 bits per heavy atom. The maximum atomic E-state index is 13.9. The topological polar surface area (TPSA) is 69.7 Å². The van der Waals surface area contributed by atoms with Crippen LogP contribution in [0.15, 0.2) is 53.4 Å². The number of hydrogen-bond acceptors (Lipinski definition) is 4. The normalized spacial score (nSPS) is 17.1. The molecule has 1 amide bonds. The van der Waals surface area contributed by atoms with Gasteiger partial charge in [-0.25, -0.2) is 12.8 Å². The summed E-state index contributed by atoms with van der Waals surface area (Å²) in [4.78, 5) is 14.1. The highest BCUT2D eigenvalue weighted by atomic mass is 32.2. The minimum absolute atomic E-state index is 0.101. The van der Waals surface area contributed by atoms with Crippen molar-refractivity contribution in [3.8, 4) is 0 Å². The molecule has 1 aliphatic rings. The predicted octanol–water partition coefficient (Wildman–Crippen LogP) is 2.15. The highest BCUT2D eigenvalue weighted by Gasteiger charge is 2.33. The number of halogens is 1. The molecular weight excluding hydrogens is 393 g/mol. The SMILES string of the molecule is Cc1ccc(CNC(=O)[C@H](C)N2CCN(S(=O)(=O)c3ccccc3F)CC2)cc1. The minimum Gasteiger partial charge on any atom is -0.351 e. The Hall–Kier alpha value is -2.29. The van der Waals surface area contributed by atoms with E-state index in [0.29, 0.717) is 19.6 Å². The monoisotopic (exact) mass is 419 g/mol. The van der Waals surface area contributed by atoms with Crippen molar-refractivity contribution >= 4 is 15.9 Å². The third-order valence-electron chi connectivity index (χ3n) is 5.24. The maximum absolute atomic E-state index is 13.9. The Kier molecular flexibility index (Phi) is 6.66. The Bertz CT molecular complexity index is 955. The molecule has 1 atom stereocenters. The zero-order chi connectivity index (χ0) is 21.0. The van der Waals surface area contributed by atoms with Crippen LogP contribution in [-0.4, -0.2) is 55.8 Å². The summed E-state index contributed by atoms with van der Waals surface area (Å²) in [6.45, 7) is 5.52. The van der Waals surface area contributed by atoms with E-state index in [1.807, 2.05) is 43.0 Å². The van der Waals surface area contributed by atoms with Crippen LogP contribution in [0.2, 0.25) is 0 Å². The van der Waals surface area contributed by atoms with Crippen LogP contribution in [0.25, 0.3) is 0 Å². The van der Waals surface area contributed by atoms with Crippen LogP contribution in [0, 0.1) is 12.7 Å². The van der Waals surface area contributed by atoms with Gasteiger partial charge in [-0.2, -0.15) is 4.31 Å². The van der Waals surface area contributed by atoms with E-state index in [9.17, 15) is 17.6 Å². The fourth-order valence-corrected chi connectivity index (χ4v) is 4.82. The molecule has 0 aliphatic carbocycles. The highest BCUT2D eigenvalue weighted by Crippen LogP contribution is 2.21. The molecule has 0 spiro atoms. The number of piperazine rings is 1. The fraction of sp³-hybridized carbons (Fsp3) is 0.381. The fourth-order valence-electron chi connectivity index (χ4n) is 3.33. The van der Waals surface area contributed by atoms with Crippen molar-refractivity contribution < 1.29 is 17.6 Å². The van der Waals surface area contributed by atoms with Crippen molar-refractivity contribution in [2.45, 2.75) is 31.3 Å². The number of sulfonamides is 1. The Morgan fingerprint density at radius 1 is 1.07 bits per heavy atom. The van der Waals surface area contributed by atoms with Gasteiger partial charge < -0.3 is 5.32 Å². The van der Waals surface area contributed by atoms with Crippen LogP contribution in [-0.2, 0) is 21.4 Å². The van der Waals surface area contributed by atoms with Gasteiger partial charge in [-0.05, 0) is 31.5 Å². The molecule has 3 rings (SSSR count). The van der Waals surface area contributed by atoms with E-state index in [4.69, 9.17) is 0 Å². The first kappa shape index (κ1) is 21.4. The molecule has 1 aliphatic heterocycles. The molecule has 2 aromatic rings. The van der Waals surface area contributed by atoms with Gasteiger partial charge in [-0.1, -0.05) is 42.0 Å². The number of nitrogens with one attached hydrogen (secondary N) is 1. The number of nitrogens with zero attached hydrogens (tertiary/aromatic N) is 2. The van der Waals surface area contributed by atoms with Gasteiger partial charge in [-0.3, -0.25) is 9.69 Å². The maximum Gasteiger partial charge on any atom is 0.246 e. The standard InChI is InChI=1S/C21H26FN3O3S/c1-16-7-9-18(10-8-16)15-23-21(26)17(2)24-11-13-25(14-12-24)29(27,28)20-6-4-3-5-19(20)22/h3-10,17H,11-15H2,1-2H3,(H,23,26)/t17-/m0/s1. The van der Waals surface area contributed by atoms with Gasteiger partial charge in [-0.15, -0.1) is 0 Å². The van der Waals surface area contributed by atoms with Crippen molar-refractivity contribution in [1.82, 2.24) is 14.5 Å². The molecule has 1 N–H and O–H groups in total. The van der Waals surface area contributed by atoms with Crippen molar-refractivity contribution in [2.24, 2.45) is 0 Å². The second kappa shape index (κ2) is 9.02. The summed E-state index contributed by atoms with van der Waals surface area (Å²) in [5, 5.41) is 2.93. The van der Waals surface area contributed by atoms with Crippen molar-refractivity contribution in [1.29, 1.82) is 0 Å². The van der Waals surface area contributed by atoms with Crippen molar-refractivity contribution in [3.05, 3.63) is 65.5 Å². The van der Waals surface area contributed by atoms with Gasteiger partial charge in [0.25, 0.3) is 0 Å². The summed E-state index contributed by atoms with van der Waals surface area (Å²) >= 11 is 0. The smallest absolute Gasteiger partial charge is 0.246 e. The summed E-state index contributed by atoms with van der Waals surface area (Å²) in [6.07, 6.45) is 0. The average Bonchev–Trinajstić information content (AvgIpc) is 2.73. The van der Waals surface area contributed by atoms with Gasteiger partial charge >= 0.3 is 0 Å². The molecule has 6 nitrogen and oxygen atoms in total. The lowest BCUT2D eigenvalue weighted by molar-refractivity contribution is -0.126. The van der Waals surface area contributed by atoms with Crippen LogP contribution in [0.4, 0.5) is 4.39 Å². The molecule has 1 fully saturated rings. The number of rotatable bonds is 6. The number of hydrogen-bond donors (Lipinski definition) is 1. The first-order chi connectivity index (χ1) is 13.8. The zero-order valence-corrected chi connectivity index (χ0v) is 17.5. The van der Waals surface area contributed by atoms with E-state index in [-0.39, 0.29) is 29.9 Å². The molecule has 156 valence electrons. The third kappa shape index (κ3) is 5.01. The number of benzene rings is 2. The third-order valence-corrected chi connectivity index (χ3v) is 7.17. The van der Waals surface area contributed by atoms with E-state index >= 15 is 0 Å². The summed E-state index contributed by atoms with van der Waals surface area (Å²) in [6, 6.07) is 13.0. The molecule has 0 unspecified atom stereocenters. The molecule has 0 radical (unpaired) electrons. The molecule has 1 saturated heterocycles. The van der Waals surface area contributed by atoms with Crippen LogP contribution < -0.4 is 5.32 Å². The molecule has 0 aromatic heterocycles. The van der Waals surface area contributed by atoms with Crippen molar-refractivity contribution in [2.75, 3.05) is 26.2 Å². The number of aryl methyl sites for hydroxylation is 1. The van der Waals surface area contributed by atoms with Crippen LogP contribution >= 0.6 is 0 Å². The van der Waals surface area contributed by atoms with E-state index in [1.165, 1.54) is 22.5 Å². The van der Waals surface area contributed by atoms with Gasteiger partial charge in [0.15, 0.2) is 0 Å². The van der Waals surface area contributed by atoms with Crippen LogP contribution in [0.3, 0.4) is 0 Å². The Morgan fingerprint density at radius 2 is 1.69 bits per heavy atom. The molecule has 8 heteroatoms. The quantitative estimate of drug-likeness (QED) is 0.779. The number of carbonyl (C=O) groups is 1. The highest BCUT2D eigenvalue weighted by molar-refractivity contribution is 7.89. The second-order valence-corrected chi connectivity index (χ2v) is 9.16. The summed E-state index contributed by atoms with van der Waals surface area (Å²) in [5.74, 6) is -0.852. The minimum atomic E-state index is -3.88. The lowest BCUT2D eigenvalue weighted by atomic mass is 10.1. The van der Waals surface area contributed by atoms with Crippen LogP contribution in [0.5, 0.6) is 0 Å². The first-order valence-electron chi connectivity index (χ1n) is 9.61. The summed E-state index contributed by atoms with van der Waals surface area (Å²) < 4.78 is 40.6. The van der Waals surface area contributed by atoms with E-state index < -0.39 is 15.8 Å². The van der Waals surface area contributed by atoms with E-state index in [2.05, 4.69) is 5.32 Å². The lowest BCUT2D eigenvalue weighted by Gasteiger charge is -2.36. The Balaban J connectivity index is 1.55. The van der Waals surface area contributed by atoms with Crippen LogP contribution in [0.1, 0.15) is 18.1 Å². The first-order valence-corrected chi connectivity index (χ1v) is 11.0. The molecule has 0 saturated carbocycles. The average molecular weight is 420 g/mol. The van der Waals surface area contributed by atoms with Gasteiger partial charge in [0.2, 0.25) is 15.9 Å². The molecule has 0 bridgehead atoms. The molecule has 2 aromatic carbocycles. The van der Waals surface area contributed by atoms with Gasteiger partial charge in [0.1, 0.15) is 10.7 Å². The number of amides is 1. The van der Waals surface area contributed by atoms with Gasteiger partial charge in [0, 0.05) is 32.7 Å². The summed E-state index contributed by atoms with van der Waals surface area (Å²) in [5.41, 5.74) is 2.19. The van der Waals surface area contributed by atoms with E-state index in [1.54, 1.807) is 0 Å². The zero-order valence-electron chi connectivity index (χ0n) is 16.6.